The van der Waals surface area contributed by atoms with E-state index in [4.69, 9.17) is 25.7 Å². The van der Waals surface area contributed by atoms with Gasteiger partial charge < -0.3 is 9.15 Å². The van der Waals surface area contributed by atoms with Crippen LogP contribution in [0.4, 0.5) is 0 Å². The highest BCUT2D eigenvalue weighted by Gasteiger charge is 2.17. The van der Waals surface area contributed by atoms with Crippen molar-refractivity contribution in [1.29, 1.82) is 0 Å². The normalized spacial score (nSPS) is 11.6. The Labute approximate surface area is 251 Å². The number of nitrogens with zero attached hydrogens (tertiary/aromatic N) is 3. The largest absolute Gasteiger partial charge is 0.487 e. The van der Waals surface area contributed by atoms with Crippen LogP contribution in [0.3, 0.4) is 0 Å². The van der Waals surface area contributed by atoms with E-state index in [2.05, 4.69) is 37.0 Å². The average molecular weight is 678 g/mol. The van der Waals surface area contributed by atoms with Crippen molar-refractivity contribution in [1.82, 2.24) is 9.66 Å². The Hall–Kier alpha value is -3.72. The maximum absolute atomic E-state index is 13.7. The number of furan rings is 1. The molecule has 6 rings (SSSR count). The summed E-state index contributed by atoms with van der Waals surface area (Å²) in [6.45, 7) is 2.38. The number of halogens is 3. The van der Waals surface area contributed by atoms with Crippen LogP contribution in [0, 0.1) is 6.92 Å². The third-order valence-electron chi connectivity index (χ3n) is 6.31. The van der Waals surface area contributed by atoms with Crippen LogP contribution in [0.25, 0.3) is 33.5 Å². The van der Waals surface area contributed by atoms with E-state index in [0.717, 1.165) is 15.4 Å². The molecular formula is C31H20Br2ClN3O3. The standard InChI is InChI=1S/C31H20Br2ClN3O3/c1-18-6-8-19(9-7-18)17-39-29-21(13-23(34)15-25(29)33)16-35-37-30(36-26-5-3-2-4-24(26)31(37)38)28-14-20-12-22(32)10-11-27(20)40-28/h2-16H,17H2,1H3. The quantitative estimate of drug-likeness (QED) is 0.165. The van der Waals surface area contributed by atoms with E-state index in [-0.39, 0.29) is 11.4 Å². The van der Waals surface area contributed by atoms with E-state index in [0.29, 0.717) is 49.7 Å². The number of hydrogen-bond donors (Lipinski definition) is 0. The number of aromatic nitrogens is 2. The predicted molar refractivity (Wildman–Crippen MR) is 167 cm³/mol. The Kier molecular flexibility index (Phi) is 7.31. The van der Waals surface area contributed by atoms with Gasteiger partial charge in [0.15, 0.2) is 5.76 Å². The van der Waals surface area contributed by atoms with Gasteiger partial charge >= 0.3 is 0 Å². The predicted octanol–water partition coefficient (Wildman–Crippen LogP) is 8.76. The van der Waals surface area contributed by atoms with Gasteiger partial charge in [0.1, 0.15) is 17.9 Å². The zero-order valence-electron chi connectivity index (χ0n) is 21.1. The van der Waals surface area contributed by atoms with Gasteiger partial charge in [-0.25, -0.2) is 4.98 Å². The number of benzene rings is 4. The Bertz CT molecular complexity index is 1980. The van der Waals surface area contributed by atoms with Crippen molar-refractivity contribution in [2.45, 2.75) is 13.5 Å². The zero-order chi connectivity index (χ0) is 27.8. The fourth-order valence-corrected chi connectivity index (χ4v) is 5.63. The Morgan fingerprint density at radius 1 is 1.02 bits per heavy atom. The Balaban J connectivity index is 1.46. The SMILES string of the molecule is Cc1ccc(COc2c(Br)cc(Cl)cc2C=Nn2c(-c3cc4cc(Br)ccc4o3)nc3ccccc3c2=O)cc1. The number of fused-ring (bicyclic) bond motifs is 2. The molecule has 198 valence electrons. The molecule has 6 aromatic rings. The summed E-state index contributed by atoms with van der Waals surface area (Å²) in [6.07, 6.45) is 1.54. The first-order valence-corrected chi connectivity index (χ1v) is 14.2. The number of hydrogen-bond acceptors (Lipinski definition) is 5. The van der Waals surface area contributed by atoms with Crippen molar-refractivity contribution in [2.24, 2.45) is 5.10 Å². The molecule has 0 spiro atoms. The third kappa shape index (κ3) is 5.35. The van der Waals surface area contributed by atoms with Crippen LogP contribution in [0.2, 0.25) is 5.02 Å². The highest BCUT2D eigenvalue weighted by atomic mass is 79.9. The van der Waals surface area contributed by atoms with Crippen molar-refractivity contribution in [2.75, 3.05) is 0 Å². The molecule has 0 atom stereocenters. The third-order valence-corrected chi connectivity index (χ3v) is 7.61. The van der Waals surface area contributed by atoms with Gasteiger partial charge in [-0.15, -0.1) is 0 Å². The van der Waals surface area contributed by atoms with Gasteiger partial charge in [-0.05, 0) is 76.9 Å². The second-order valence-electron chi connectivity index (χ2n) is 9.19. The summed E-state index contributed by atoms with van der Waals surface area (Å²) in [5.74, 6) is 1.23. The molecular weight excluding hydrogens is 658 g/mol. The van der Waals surface area contributed by atoms with Gasteiger partial charge in [-0.3, -0.25) is 4.79 Å². The van der Waals surface area contributed by atoms with E-state index < -0.39 is 0 Å². The van der Waals surface area contributed by atoms with Crippen LogP contribution >= 0.6 is 43.5 Å². The van der Waals surface area contributed by atoms with Gasteiger partial charge in [0.2, 0.25) is 5.82 Å². The molecule has 0 N–H and O–H groups in total. The minimum absolute atomic E-state index is 0.274. The fraction of sp³-hybridized carbons (Fsp3) is 0.0645. The molecule has 0 bridgehead atoms. The average Bonchev–Trinajstić information content (AvgIpc) is 3.36. The van der Waals surface area contributed by atoms with Crippen LogP contribution < -0.4 is 10.3 Å². The first-order chi connectivity index (χ1) is 19.4. The summed E-state index contributed by atoms with van der Waals surface area (Å²) in [5.41, 5.74) is 3.66. The van der Waals surface area contributed by atoms with Gasteiger partial charge in [0.05, 0.1) is 21.6 Å². The molecule has 0 unspecified atom stereocenters. The first kappa shape index (κ1) is 26.5. The molecule has 6 nitrogen and oxygen atoms in total. The Morgan fingerprint density at radius 2 is 1.82 bits per heavy atom. The molecule has 0 saturated heterocycles. The van der Waals surface area contributed by atoms with E-state index in [1.807, 2.05) is 61.5 Å². The molecule has 2 aromatic heterocycles. The van der Waals surface area contributed by atoms with Crippen LogP contribution in [-0.4, -0.2) is 15.9 Å². The lowest BCUT2D eigenvalue weighted by atomic mass is 10.1. The smallest absolute Gasteiger partial charge is 0.282 e. The monoisotopic (exact) mass is 675 g/mol. The lowest BCUT2D eigenvalue weighted by molar-refractivity contribution is 0.304. The maximum atomic E-state index is 13.7. The van der Waals surface area contributed by atoms with Crippen LogP contribution in [0.1, 0.15) is 16.7 Å². The topological polar surface area (TPSA) is 69.6 Å². The number of ether oxygens (including phenoxy) is 1. The van der Waals surface area contributed by atoms with Gasteiger partial charge in [-0.2, -0.15) is 9.78 Å². The fourth-order valence-electron chi connectivity index (χ4n) is 4.30. The van der Waals surface area contributed by atoms with E-state index in [1.165, 1.54) is 10.2 Å². The second kappa shape index (κ2) is 11.0. The second-order valence-corrected chi connectivity index (χ2v) is 11.4. The zero-order valence-corrected chi connectivity index (χ0v) is 25.0. The lowest BCUT2D eigenvalue weighted by Gasteiger charge is -2.13. The van der Waals surface area contributed by atoms with Crippen molar-refractivity contribution in [3.8, 4) is 17.3 Å². The number of rotatable bonds is 6. The first-order valence-electron chi connectivity index (χ1n) is 12.3. The minimum atomic E-state index is -0.332. The van der Waals surface area contributed by atoms with Crippen molar-refractivity contribution >= 4 is 71.5 Å². The molecule has 0 fully saturated rings. The van der Waals surface area contributed by atoms with Gasteiger partial charge in [0, 0.05) is 20.4 Å². The molecule has 2 heterocycles. The molecule has 0 aliphatic rings. The summed E-state index contributed by atoms with van der Waals surface area (Å²) in [4.78, 5) is 18.4. The lowest BCUT2D eigenvalue weighted by Crippen LogP contribution is -2.20. The minimum Gasteiger partial charge on any atom is -0.487 e. The Morgan fingerprint density at radius 3 is 2.65 bits per heavy atom. The van der Waals surface area contributed by atoms with Crippen molar-refractivity contribution in [3.63, 3.8) is 0 Å². The molecule has 0 aliphatic heterocycles. The molecule has 9 heteroatoms. The van der Waals surface area contributed by atoms with Crippen LogP contribution in [-0.2, 0) is 6.61 Å². The molecule has 40 heavy (non-hydrogen) atoms. The summed E-state index contributed by atoms with van der Waals surface area (Å²) in [6, 6.07) is 26.3. The summed E-state index contributed by atoms with van der Waals surface area (Å²) in [7, 11) is 0. The van der Waals surface area contributed by atoms with Crippen LogP contribution in [0.5, 0.6) is 5.75 Å². The van der Waals surface area contributed by atoms with Crippen molar-refractivity contribution < 1.29 is 9.15 Å². The van der Waals surface area contributed by atoms with Gasteiger partial charge in [-0.1, -0.05) is 69.5 Å². The van der Waals surface area contributed by atoms with E-state index in [9.17, 15) is 4.79 Å². The number of aryl methyl sites for hydroxylation is 1. The van der Waals surface area contributed by atoms with Crippen LogP contribution in [0.15, 0.2) is 108 Å². The van der Waals surface area contributed by atoms with E-state index in [1.54, 1.807) is 36.5 Å². The maximum Gasteiger partial charge on any atom is 0.282 e. The summed E-state index contributed by atoms with van der Waals surface area (Å²) in [5, 5.41) is 6.38. The highest BCUT2D eigenvalue weighted by molar-refractivity contribution is 9.10. The molecule has 0 amide bonds. The molecule has 0 radical (unpaired) electrons. The van der Waals surface area contributed by atoms with E-state index >= 15 is 0 Å². The number of para-hydroxylation sites is 1. The van der Waals surface area contributed by atoms with Gasteiger partial charge in [0.25, 0.3) is 5.56 Å². The summed E-state index contributed by atoms with van der Waals surface area (Å²) >= 11 is 13.4. The summed E-state index contributed by atoms with van der Waals surface area (Å²) < 4.78 is 15.1. The molecule has 0 aliphatic carbocycles. The highest BCUT2D eigenvalue weighted by Crippen LogP contribution is 2.33. The molecule has 4 aromatic carbocycles. The van der Waals surface area contributed by atoms with Crippen molar-refractivity contribution in [3.05, 3.63) is 126 Å². The molecule has 0 saturated carbocycles.